The summed E-state index contributed by atoms with van der Waals surface area (Å²) < 4.78 is 21.8. The van der Waals surface area contributed by atoms with Crippen molar-refractivity contribution < 1.29 is 42.9 Å². The molecule has 1 amide bonds. The molecule has 16 heteroatoms. The fourth-order valence-corrected chi connectivity index (χ4v) is 5.44. The molecule has 1 aromatic carbocycles. The van der Waals surface area contributed by atoms with Crippen LogP contribution >= 0.6 is 0 Å². The van der Waals surface area contributed by atoms with Gasteiger partial charge < -0.3 is 39.0 Å². The molecule has 1 fully saturated rings. The third-order valence-corrected chi connectivity index (χ3v) is 7.87. The Hall–Kier alpha value is -5.02. The second kappa shape index (κ2) is 20.8. The summed E-state index contributed by atoms with van der Waals surface area (Å²) >= 11 is 0. The molecule has 0 bridgehead atoms. The maximum absolute atomic E-state index is 13.1. The van der Waals surface area contributed by atoms with Crippen molar-refractivity contribution in [2.45, 2.75) is 124 Å². The van der Waals surface area contributed by atoms with Gasteiger partial charge in [0.15, 0.2) is 0 Å². The number of nitrogens with one attached hydrogen (secondary N) is 1. The third-order valence-electron chi connectivity index (χ3n) is 7.87. The highest BCUT2D eigenvalue weighted by Gasteiger charge is 2.26. The summed E-state index contributed by atoms with van der Waals surface area (Å²) in [5.74, 6) is -0.923. The van der Waals surface area contributed by atoms with Gasteiger partial charge in [-0.2, -0.15) is 15.0 Å². The molecule has 310 valence electrons. The van der Waals surface area contributed by atoms with Gasteiger partial charge in [0.25, 0.3) is 0 Å². The summed E-state index contributed by atoms with van der Waals surface area (Å²) in [7, 11) is 0. The van der Waals surface area contributed by atoms with Crippen molar-refractivity contribution in [1.29, 1.82) is 0 Å². The smallest absolute Gasteiger partial charge is 0.308 e. The predicted octanol–water partition coefficient (Wildman–Crippen LogP) is 4.85. The van der Waals surface area contributed by atoms with E-state index in [-0.39, 0.29) is 88.1 Å². The van der Waals surface area contributed by atoms with Gasteiger partial charge >= 0.3 is 23.9 Å². The fourth-order valence-electron chi connectivity index (χ4n) is 5.44. The monoisotopic (exact) mass is 783 g/mol. The normalized spacial score (nSPS) is 13.4. The molecule has 1 N–H and O–H groups in total. The number of rotatable bonds is 18. The van der Waals surface area contributed by atoms with Crippen LogP contribution in [0.25, 0.3) is 0 Å². The Bertz CT molecular complexity index is 1580. The van der Waals surface area contributed by atoms with E-state index in [0.29, 0.717) is 38.5 Å². The minimum Gasteiger partial charge on any atom is -0.461 e. The number of ether oxygens (including phenoxy) is 4. The van der Waals surface area contributed by atoms with Crippen molar-refractivity contribution >= 4 is 47.6 Å². The van der Waals surface area contributed by atoms with Gasteiger partial charge in [-0.15, -0.1) is 0 Å². The molecule has 0 radical (unpaired) electrons. The first kappa shape index (κ1) is 45.4. The van der Waals surface area contributed by atoms with Gasteiger partial charge in [0.1, 0.15) is 23.4 Å². The van der Waals surface area contributed by atoms with Gasteiger partial charge in [0.2, 0.25) is 23.8 Å². The molecule has 16 nitrogen and oxygen atoms in total. The van der Waals surface area contributed by atoms with E-state index >= 15 is 0 Å². The van der Waals surface area contributed by atoms with E-state index in [1.807, 2.05) is 35.2 Å². The number of esters is 4. The molecule has 0 spiro atoms. The molecule has 0 aliphatic carbocycles. The lowest BCUT2D eigenvalue weighted by atomic mass is 10.2. The third kappa shape index (κ3) is 18.1. The summed E-state index contributed by atoms with van der Waals surface area (Å²) in [4.78, 5) is 82.7. The number of benzene rings is 1. The Morgan fingerprint density at radius 2 is 1.20 bits per heavy atom. The molecule has 0 unspecified atom stereocenters. The first-order valence-corrected chi connectivity index (χ1v) is 19.3. The van der Waals surface area contributed by atoms with E-state index in [4.69, 9.17) is 23.9 Å². The van der Waals surface area contributed by atoms with Crippen LogP contribution in [0.5, 0.6) is 0 Å². The van der Waals surface area contributed by atoms with Crippen molar-refractivity contribution in [1.82, 2.24) is 19.9 Å². The maximum Gasteiger partial charge on any atom is 0.308 e. The summed E-state index contributed by atoms with van der Waals surface area (Å²) in [6, 6.07) is 9.42. The van der Waals surface area contributed by atoms with Crippen molar-refractivity contribution in [3.63, 3.8) is 0 Å². The molecule has 56 heavy (non-hydrogen) atoms. The first-order chi connectivity index (χ1) is 26.2. The highest BCUT2D eigenvalue weighted by Crippen LogP contribution is 2.21. The lowest BCUT2D eigenvalue weighted by Crippen LogP contribution is -2.49. The van der Waals surface area contributed by atoms with Crippen LogP contribution < -0.4 is 15.1 Å². The second-order valence-electron chi connectivity index (χ2n) is 16.5. The number of nitrogens with zero attached hydrogens (tertiary/aromatic N) is 6. The molecule has 3 rings (SSSR count). The molecule has 1 aliphatic heterocycles. The molecule has 0 saturated carbocycles. The first-order valence-electron chi connectivity index (χ1n) is 19.3. The number of carbonyl (C=O) groups is 5. The minimum atomic E-state index is -0.679. The zero-order valence-electron chi connectivity index (χ0n) is 34.6. The molecular formula is C40H61N7O9. The standard InChI is InChI=1S/C40H61N7O9/c1-38(2,3)54-32(50)18-21-41-35-42-36(46(22-19-33(51)55-39(4,5)6)23-20-34(52)56-40(7,8)9)44-37(43-35)47-26-24-45(25-27-47)30(48)16-13-17-31(49)53-28-29-14-11-10-12-15-29/h10-12,14-15H,13,16-28H2,1-9H3,(H,41,42,43,44). The zero-order valence-corrected chi connectivity index (χ0v) is 34.6. The topological polar surface area (TPSA) is 183 Å². The SMILES string of the molecule is CC(C)(C)OC(=O)CCNc1nc(N(CCC(=O)OC(C)(C)C)CCC(=O)OC(C)(C)C)nc(N2CCN(C(=O)CCCC(=O)OCc3ccccc3)CC2)n1. The largest absolute Gasteiger partial charge is 0.461 e. The molecule has 2 heterocycles. The van der Waals surface area contributed by atoms with Gasteiger partial charge in [0, 0.05) is 58.7 Å². The van der Waals surface area contributed by atoms with Crippen molar-refractivity contribution in [2.75, 3.05) is 60.9 Å². The quantitative estimate of drug-likeness (QED) is 0.160. The Morgan fingerprint density at radius 3 is 1.73 bits per heavy atom. The number of aromatic nitrogens is 3. The van der Waals surface area contributed by atoms with Gasteiger partial charge in [-0.3, -0.25) is 24.0 Å². The van der Waals surface area contributed by atoms with E-state index in [9.17, 15) is 24.0 Å². The summed E-state index contributed by atoms with van der Waals surface area (Å²) in [5.41, 5.74) is -1.09. The molecule has 0 atom stereocenters. The van der Waals surface area contributed by atoms with Crippen molar-refractivity contribution in [3.8, 4) is 0 Å². The fraction of sp³-hybridized carbons (Fsp3) is 0.650. The van der Waals surface area contributed by atoms with Crippen LogP contribution in [0, 0.1) is 0 Å². The number of amides is 1. The zero-order chi connectivity index (χ0) is 41.5. The number of anilines is 3. The van der Waals surface area contributed by atoms with E-state index < -0.39 is 28.7 Å². The predicted molar refractivity (Wildman–Crippen MR) is 211 cm³/mol. The number of hydrogen-bond acceptors (Lipinski definition) is 15. The number of hydrogen-bond donors (Lipinski definition) is 1. The highest BCUT2D eigenvalue weighted by atomic mass is 16.6. The summed E-state index contributed by atoms with van der Waals surface area (Å²) in [5, 5.41) is 3.10. The van der Waals surface area contributed by atoms with Crippen molar-refractivity contribution in [3.05, 3.63) is 35.9 Å². The van der Waals surface area contributed by atoms with Crippen LogP contribution in [0.2, 0.25) is 0 Å². The van der Waals surface area contributed by atoms with Crippen LogP contribution in [0.15, 0.2) is 30.3 Å². The average Bonchev–Trinajstić information content (AvgIpc) is 3.09. The number of piperazine rings is 1. The maximum atomic E-state index is 13.1. The molecule has 2 aromatic rings. The lowest BCUT2D eigenvalue weighted by Gasteiger charge is -2.35. The van der Waals surface area contributed by atoms with Crippen LogP contribution in [-0.2, 0) is 49.5 Å². The number of carbonyl (C=O) groups excluding carboxylic acids is 5. The Labute approximate surface area is 331 Å². The summed E-state index contributed by atoms with van der Waals surface area (Å²) in [6.07, 6.45) is 0.796. The van der Waals surface area contributed by atoms with Crippen LogP contribution in [0.3, 0.4) is 0 Å². The van der Waals surface area contributed by atoms with E-state index in [0.717, 1.165) is 5.56 Å². The van der Waals surface area contributed by atoms with E-state index in [1.54, 1.807) is 72.1 Å². The van der Waals surface area contributed by atoms with Gasteiger partial charge in [-0.1, -0.05) is 30.3 Å². The van der Waals surface area contributed by atoms with Gasteiger partial charge in [0.05, 0.1) is 19.3 Å². The molecule has 1 aliphatic rings. The minimum absolute atomic E-state index is 0.000452. The molecule has 1 aromatic heterocycles. The Balaban J connectivity index is 1.73. The summed E-state index contributed by atoms with van der Waals surface area (Å²) in [6.45, 7) is 18.4. The average molecular weight is 784 g/mol. The second-order valence-corrected chi connectivity index (χ2v) is 16.5. The van der Waals surface area contributed by atoms with Crippen LogP contribution in [-0.4, -0.2) is 112 Å². The molecule has 1 saturated heterocycles. The van der Waals surface area contributed by atoms with Crippen LogP contribution in [0.4, 0.5) is 17.8 Å². The van der Waals surface area contributed by atoms with E-state index in [1.165, 1.54) is 0 Å². The molecular weight excluding hydrogens is 722 g/mol. The van der Waals surface area contributed by atoms with Crippen LogP contribution in [0.1, 0.15) is 106 Å². The van der Waals surface area contributed by atoms with Gasteiger partial charge in [-0.05, 0) is 74.3 Å². The lowest BCUT2D eigenvalue weighted by molar-refractivity contribution is -0.155. The van der Waals surface area contributed by atoms with Gasteiger partial charge in [-0.25, -0.2) is 0 Å². The highest BCUT2D eigenvalue weighted by molar-refractivity contribution is 5.77. The van der Waals surface area contributed by atoms with E-state index in [2.05, 4.69) is 15.3 Å². The van der Waals surface area contributed by atoms with Crippen molar-refractivity contribution in [2.24, 2.45) is 0 Å². The Kier molecular flexibility index (Phi) is 16.8. The Morgan fingerprint density at radius 1 is 0.661 bits per heavy atom.